The fourth-order valence-electron chi connectivity index (χ4n) is 4.45. The Balaban J connectivity index is 1.86. The van der Waals surface area contributed by atoms with Crippen molar-refractivity contribution in [2.24, 2.45) is 0 Å². The summed E-state index contributed by atoms with van der Waals surface area (Å²) in [5, 5.41) is 3.49. The maximum Gasteiger partial charge on any atom is 0.256 e. The summed E-state index contributed by atoms with van der Waals surface area (Å²) in [6, 6.07) is 6.03. The van der Waals surface area contributed by atoms with E-state index in [1.807, 2.05) is 13.8 Å². The molecule has 3 rings (SSSR count). The minimum Gasteiger partial charge on any atom is -0.345 e. The molecule has 1 aromatic carbocycles. The van der Waals surface area contributed by atoms with Gasteiger partial charge in [-0.2, -0.15) is 4.31 Å². The highest BCUT2D eigenvalue weighted by atomic mass is 32.2. The molecule has 36 heavy (non-hydrogen) atoms. The zero-order chi connectivity index (χ0) is 26.5. The first-order chi connectivity index (χ1) is 17.1. The number of nitrogens with zero attached hydrogens (tertiary/aromatic N) is 3. The Morgan fingerprint density at radius 2 is 1.67 bits per heavy atom. The standard InChI is InChI=1S/C26H38N4O4S2/c1-6-14-29-17-13-21-22(18-29)35-25(23(21)26(32)28(4)5)27-24(31)19-9-11-20(12-10-19)36(33,34)30(15-7-2)16-8-3/h9-12H,6-8,13-18H2,1-5H3,(H,27,31). The van der Waals surface area contributed by atoms with Crippen molar-refractivity contribution in [3.63, 3.8) is 0 Å². The molecule has 0 radical (unpaired) electrons. The summed E-state index contributed by atoms with van der Waals surface area (Å²) in [4.78, 5) is 31.4. The average Bonchev–Trinajstić information content (AvgIpc) is 3.20. The molecule has 198 valence electrons. The van der Waals surface area contributed by atoms with Crippen LogP contribution >= 0.6 is 11.3 Å². The van der Waals surface area contributed by atoms with Crippen LogP contribution in [0.25, 0.3) is 0 Å². The summed E-state index contributed by atoms with van der Waals surface area (Å²) in [6.45, 7) is 9.63. The molecule has 1 N–H and O–H groups in total. The number of carbonyl (C=O) groups is 2. The predicted molar refractivity (Wildman–Crippen MR) is 145 cm³/mol. The molecule has 0 atom stereocenters. The molecule has 0 spiro atoms. The molecule has 8 nitrogen and oxygen atoms in total. The molecule has 0 fully saturated rings. The fraction of sp³-hybridized carbons (Fsp3) is 0.538. The number of rotatable bonds is 11. The van der Waals surface area contributed by atoms with Gasteiger partial charge in [0.25, 0.3) is 11.8 Å². The number of carbonyl (C=O) groups excluding carboxylic acids is 2. The van der Waals surface area contributed by atoms with E-state index in [1.54, 1.807) is 14.1 Å². The van der Waals surface area contributed by atoms with Crippen molar-refractivity contribution in [2.75, 3.05) is 45.6 Å². The Morgan fingerprint density at radius 1 is 1.03 bits per heavy atom. The van der Waals surface area contributed by atoms with Gasteiger partial charge in [-0.1, -0.05) is 20.8 Å². The second-order valence-electron chi connectivity index (χ2n) is 9.32. The van der Waals surface area contributed by atoms with Crippen LogP contribution in [0.1, 0.15) is 71.2 Å². The van der Waals surface area contributed by atoms with Gasteiger partial charge in [0.05, 0.1) is 10.5 Å². The van der Waals surface area contributed by atoms with E-state index in [-0.39, 0.29) is 16.7 Å². The van der Waals surface area contributed by atoms with Gasteiger partial charge in [-0.05, 0) is 62.1 Å². The van der Waals surface area contributed by atoms with Crippen molar-refractivity contribution < 1.29 is 18.0 Å². The van der Waals surface area contributed by atoms with Crippen molar-refractivity contribution in [1.29, 1.82) is 0 Å². The van der Waals surface area contributed by atoms with Gasteiger partial charge in [-0.15, -0.1) is 11.3 Å². The van der Waals surface area contributed by atoms with Gasteiger partial charge in [0.2, 0.25) is 10.0 Å². The topological polar surface area (TPSA) is 90.0 Å². The summed E-state index contributed by atoms with van der Waals surface area (Å²) in [5.41, 5.74) is 1.93. The summed E-state index contributed by atoms with van der Waals surface area (Å²) < 4.78 is 27.6. The van der Waals surface area contributed by atoms with Crippen LogP contribution in [0, 0.1) is 0 Å². The Labute approximate surface area is 219 Å². The quantitative estimate of drug-likeness (QED) is 0.465. The highest BCUT2D eigenvalue weighted by molar-refractivity contribution is 7.89. The third kappa shape index (κ3) is 6.16. The minimum atomic E-state index is -3.62. The first kappa shape index (κ1) is 28.3. The Bertz CT molecular complexity index is 1170. The summed E-state index contributed by atoms with van der Waals surface area (Å²) in [7, 11) is -0.193. The molecule has 0 unspecified atom stereocenters. The van der Waals surface area contributed by atoms with Crippen molar-refractivity contribution in [3.8, 4) is 0 Å². The van der Waals surface area contributed by atoms with E-state index in [0.717, 1.165) is 55.8 Å². The molecule has 0 saturated heterocycles. The van der Waals surface area contributed by atoms with Crippen molar-refractivity contribution in [3.05, 3.63) is 45.8 Å². The molecule has 2 amide bonds. The number of amides is 2. The van der Waals surface area contributed by atoms with Crippen LogP contribution in [0.3, 0.4) is 0 Å². The van der Waals surface area contributed by atoms with Crippen LogP contribution in [0.15, 0.2) is 29.2 Å². The van der Waals surface area contributed by atoms with Crippen molar-refractivity contribution >= 4 is 38.2 Å². The lowest BCUT2D eigenvalue weighted by atomic mass is 10.0. The summed E-state index contributed by atoms with van der Waals surface area (Å²) >= 11 is 1.46. The number of fused-ring (bicyclic) bond motifs is 1. The lowest BCUT2D eigenvalue weighted by molar-refractivity contribution is 0.0827. The van der Waals surface area contributed by atoms with E-state index < -0.39 is 10.0 Å². The van der Waals surface area contributed by atoms with Gasteiger partial charge in [-0.3, -0.25) is 14.5 Å². The van der Waals surface area contributed by atoms with Crippen LogP contribution in [0.5, 0.6) is 0 Å². The number of sulfonamides is 1. The average molecular weight is 535 g/mol. The lowest BCUT2D eigenvalue weighted by Gasteiger charge is -2.26. The Hall–Kier alpha value is -2.27. The van der Waals surface area contributed by atoms with Gasteiger partial charge in [0, 0.05) is 50.7 Å². The summed E-state index contributed by atoms with van der Waals surface area (Å²) in [5.74, 6) is -0.491. The van der Waals surface area contributed by atoms with Gasteiger partial charge < -0.3 is 10.2 Å². The zero-order valence-corrected chi connectivity index (χ0v) is 23.6. The van der Waals surface area contributed by atoms with E-state index in [4.69, 9.17) is 0 Å². The molecule has 1 aliphatic heterocycles. The third-order valence-electron chi connectivity index (χ3n) is 6.22. The van der Waals surface area contributed by atoms with E-state index in [2.05, 4.69) is 17.1 Å². The lowest BCUT2D eigenvalue weighted by Crippen LogP contribution is -2.32. The molecular formula is C26H38N4O4S2. The van der Waals surface area contributed by atoms with Gasteiger partial charge >= 0.3 is 0 Å². The van der Waals surface area contributed by atoms with Gasteiger partial charge in [-0.25, -0.2) is 8.42 Å². The SMILES string of the molecule is CCCN1CCc2c(sc(NC(=O)c3ccc(S(=O)(=O)N(CCC)CCC)cc3)c2C(=O)N(C)C)C1. The largest absolute Gasteiger partial charge is 0.345 e. The Morgan fingerprint density at radius 3 is 2.22 bits per heavy atom. The monoisotopic (exact) mass is 534 g/mol. The molecule has 1 aliphatic rings. The third-order valence-corrected chi connectivity index (χ3v) is 9.27. The fourth-order valence-corrected chi connectivity index (χ4v) is 7.36. The highest BCUT2D eigenvalue weighted by Crippen LogP contribution is 2.38. The molecule has 1 aromatic heterocycles. The van der Waals surface area contributed by atoms with E-state index in [1.165, 1.54) is 44.8 Å². The number of thiophene rings is 1. The zero-order valence-electron chi connectivity index (χ0n) is 22.0. The normalized spacial score (nSPS) is 14.1. The van der Waals surface area contributed by atoms with Crippen LogP contribution in [0.4, 0.5) is 5.00 Å². The highest BCUT2D eigenvalue weighted by Gasteiger charge is 2.30. The minimum absolute atomic E-state index is 0.125. The molecule has 2 aromatic rings. The molecule has 2 heterocycles. The van der Waals surface area contributed by atoms with Gasteiger partial charge in [0.15, 0.2) is 0 Å². The number of hydrogen-bond donors (Lipinski definition) is 1. The van der Waals surface area contributed by atoms with E-state index >= 15 is 0 Å². The second-order valence-corrected chi connectivity index (χ2v) is 12.4. The van der Waals surface area contributed by atoms with Gasteiger partial charge in [0.1, 0.15) is 5.00 Å². The molecule has 0 aliphatic carbocycles. The molecule has 10 heteroatoms. The van der Waals surface area contributed by atoms with Crippen LogP contribution in [-0.4, -0.2) is 74.6 Å². The maximum absolute atomic E-state index is 13.1. The smallest absolute Gasteiger partial charge is 0.256 e. The van der Waals surface area contributed by atoms with Crippen molar-refractivity contribution in [2.45, 2.75) is 57.9 Å². The number of benzene rings is 1. The molecular weight excluding hydrogens is 496 g/mol. The van der Waals surface area contributed by atoms with Crippen LogP contribution in [-0.2, 0) is 23.0 Å². The number of hydrogen-bond acceptors (Lipinski definition) is 6. The number of anilines is 1. The first-order valence-electron chi connectivity index (χ1n) is 12.6. The maximum atomic E-state index is 13.1. The van der Waals surface area contributed by atoms with Crippen LogP contribution in [0.2, 0.25) is 0 Å². The molecule has 0 bridgehead atoms. The van der Waals surface area contributed by atoms with Crippen LogP contribution < -0.4 is 5.32 Å². The Kier molecular flexibility index (Phi) is 9.68. The summed E-state index contributed by atoms with van der Waals surface area (Å²) in [6.07, 6.45) is 3.30. The molecule has 0 saturated carbocycles. The van der Waals surface area contributed by atoms with E-state index in [9.17, 15) is 18.0 Å². The predicted octanol–water partition coefficient (Wildman–Crippen LogP) is 4.28. The first-order valence-corrected chi connectivity index (χ1v) is 14.9. The number of nitrogens with one attached hydrogen (secondary N) is 1. The van der Waals surface area contributed by atoms with E-state index in [0.29, 0.717) is 29.2 Å². The van der Waals surface area contributed by atoms with Crippen molar-refractivity contribution in [1.82, 2.24) is 14.1 Å². The second kappa shape index (κ2) is 12.3.